The lowest BCUT2D eigenvalue weighted by atomic mass is 9.95. The standard InChI is InChI=1S/C22H29FN2O3S/c1-14-15(2)17(4)22(18(5)16(14)3)29(27,28)24-12-11-21(26)25(6)13-19-9-7-8-10-20(19)23/h7-10,24H,11-13H2,1-6H3. The van der Waals surface area contributed by atoms with Crippen molar-refractivity contribution in [1.29, 1.82) is 0 Å². The van der Waals surface area contributed by atoms with Gasteiger partial charge in [-0.25, -0.2) is 17.5 Å². The van der Waals surface area contributed by atoms with E-state index in [2.05, 4.69) is 4.72 Å². The molecule has 0 aliphatic rings. The maximum atomic E-state index is 13.7. The van der Waals surface area contributed by atoms with E-state index in [0.29, 0.717) is 5.56 Å². The third-order valence-electron chi connectivity index (χ3n) is 5.62. The van der Waals surface area contributed by atoms with Gasteiger partial charge in [-0.05, 0) is 68.5 Å². The van der Waals surface area contributed by atoms with Gasteiger partial charge in [0.2, 0.25) is 15.9 Å². The first-order chi connectivity index (χ1) is 13.5. The zero-order valence-corrected chi connectivity index (χ0v) is 18.7. The summed E-state index contributed by atoms with van der Waals surface area (Å²) in [6, 6.07) is 6.27. The van der Waals surface area contributed by atoms with E-state index in [-0.39, 0.29) is 36.1 Å². The quantitative estimate of drug-likeness (QED) is 0.743. The zero-order chi connectivity index (χ0) is 21.9. The van der Waals surface area contributed by atoms with Crippen LogP contribution in [0.25, 0.3) is 0 Å². The SMILES string of the molecule is Cc1c(C)c(C)c(S(=O)(=O)NCCC(=O)N(C)Cc2ccccc2F)c(C)c1C. The van der Waals surface area contributed by atoms with Gasteiger partial charge in [0.15, 0.2) is 0 Å². The third-order valence-corrected chi connectivity index (χ3v) is 7.36. The lowest BCUT2D eigenvalue weighted by molar-refractivity contribution is -0.130. The Kier molecular flexibility index (Phi) is 7.19. The molecule has 2 aromatic carbocycles. The third kappa shape index (κ3) is 5.03. The van der Waals surface area contributed by atoms with E-state index in [0.717, 1.165) is 27.8 Å². The summed E-state index contributed by atoms with van der Waals surface area (Å²) in [5.41, 5.74) is 4.86. The molecule has 7 heteroatoms. The summed E-state index contributed by atoms with van der Waals surface area (Å²) >= 11 is 0. The highest BCUT2D eigenvalue weighted by Crippen LogP contribution is 2.29. The molecule has 5 nitrogen and oxygen atoms in total. The maximum absolute atomic E-state index is 13.7. The predicted molar refractivity (Wildman–Crippen MR) is 113 cm³/mol. The van der Waals surface area contributed by atoms with E-state index in [4.69, 9.17) is 0 Å². The lowest BCUT2D eigenvalue weighted by Gasteiger charge is -2.20. The Morgan fingerprint density at radius 1 is 0.966 bits per heavy atom. The molecule has 0 fully saturated rings. The second-order valence-electron chi connectivity index (χ2n) is 7.44. The normalized spacial score (nSPS) is 11.6. The van der Waals surface area contributed by atoms with E-state index in [1.54, 1.807) is 39.1 Å². The van der Waals surface area contributed by atoms with Gasteiger partial charge in [-0.1, -0.05) is 18.2 Å². The summed E-state index contributed by atoms with van der Waals surface area (Å²) in [7, 11) is -2.18. The van der Waals surface area contributed by atoms with Crippen molar-refractivity contribution in [3.05, 3.63) is 63.5 Å². The highest BCUT2D eigenvalue weighted by molar-refractivity contribution is 7.89. The molecule has 1 N–H and O–H groups in total. The Hall–Kier alpha value is -2.25. The molecule has 29 heavy (non-hydrogen) atoms. The first-order valence-electron chi connectivity index (χ1n) is 9.51. The van der Waals surface area contributed by atoms with Crippen LogP contribution >= 0.6 is 0 Å². The number of carbonyl (C=O) groups is 1. The Morgan fingerprint density at radius 3 is 2.03 bits per heavy atom. The molecule has 1 amide bonds. The molecule has 0 bridgehead atoms. The fraction of sp³-hybridized carbons (Fsp3) is 0.409. The van der Waals surface area contributed by atoms with Gasteiger partial charge < -0.3 is 4.90 Å². The van der Waals surface area contributed by atoms with Crippen molar-refractivity contribution in [2.75, 3.05) is 13.6 Å². The Bertz CT molecular complexity index is 1000. The molecule has 0 heterocycles. The van der Waals surface area contributed by atoms with E-state index >= 15 is 0 Å². The lowest BCUT2D eigenvalue weighted by Crippen LogP contribution is -2.32. The number of nitrogens with zero attached hydrogens (tertiary/aromatic N) is 1. The topological polar surface area (TPSA) is 66.5 Å². The van der Waals surface area contributed by atoms with Crippen molar-refractivity contribution in [3.8, 4) is 0 Å². The second kappa shape index (κ2) is 9.05. The molecule has 2 rings (SSSR count). The fourth-order valence-corrected chi connectivity index (χ4v) is 5.02. The number of hydrogen-bond acceptors (Lipinski definition) is 3. The maximum Gasteiger partial charge on any atom is 0.241 e. The molecular weight excluding hydrogens is 391 g/mol. The van der Waals surface area contributed by atoms with Crippen molar-refractivity contribution in [2.45, 2.75) is 52.5 Å². The molecule has 0 spiro atoms. The zero-order valence-electron chi connectivity index (χ0n) is 17.9. The van der Waals surface area contributed by atoms with E-state index in [9.17, 15) is 17.6 Å². The molecule has 0 aliphatic heterocycles. The number of halogens is 1. The summed E-state index contributed by atoms with van der Waals surface area (Å²) in [6.07, 6.45) is -0.00783. The molecular formula is C22H29FN2O3S. The molecule has 0 saturated heterocycles. The van der Waals surface area contributed by atoms with Gasteiger partial charge in [-0.2, -0.15) is 0 Å². The minimum atomic E-state index is -3.75. The number of nitrogens with one attached hydrogen (secondary N) is 1. The van der Waals surface area contributed by atoms with Crippen LogP contribution in [0.1, 0.15) is 39.8 Å². The van der Waals surface area contributed by atoms with Crippen LogP contribution in [-0.2, 0) is 21.4 Å². The van der Waals surface area contributed by atoms with Gasteiger partial charge in [0.05, 0.1) is 4.90 Å². The Morgan fingerprint density at radius 2 is 1.48 bits per heavy atom. The van der Waals surface area contributed by atoms with Crippen LogP contribution in [0.5, 0.6) is 0 Å². The summed E-state index contributed by atoms with van der Waals surface area (Å²) in [4.78, 5) is 14.0. The summed E-state index contributed by atoms with van der Waals surface area (Å²) in [6.45, 7) is 9.53. The summed E-state index contributed by atoms with van der Waals surface area (Å²) < 4.78 is 42.1. The monoisotopic (exact) mass is 420 g/mol. The van der Waals surface area contributed by atoms with Gasteiger partial charge in [0.1, 0.15) is 5.82 Å². The smallest absolute Gasteiger partial charge is 0.241 e. The van der Waals surface area contributed by atoms with Crippen molar-refractivity contribution in [2.24, 2.45) is 0 Å². The number of amides is 1. The molecule has 0 radical (unpaired) electrons. The van der Waals surface area contributed by atoms with Gasteiger partial charge in [0, 0.05) is 32.1 Å². The molecule has 0 aromatic heterocycles. The van der Waals surface area contributed by atoms with Crippen molar-refractivity contribution in [3.63, 3.8) is 0 Å². The first kappa shape index (κ1) is 23.0. The molecule has 158 valence electrons. The van der Waals surface area contributed by atoms with Crippen molar-refractivity contribution < 1.29 is 17.6 Å². The van der Waals surface area contributed by atoms with Gasteiger partial charge in [-0.15, -0.1) is 0 Å². The molecule has 2 aromatic rings. The Labute approximate surface area is 173 Å². The number of hydrogen-bond donors (Lipinski definition) is 1. The van der Waals surface area contributed by atoms with Crippen LogP contribution in [-0.4, -0.2) is 32.8 Å². The highest BCUT2D eigenvalue weighted by atomic mass is 32.2. The van der Waals surface area contributed by atoms with Crippen LogP contribution < -0.4 is 4.72 Å². The second-order valence-corrected chi connectivity index (χ2v) is 9.15. The molecule has 0 aliphatic carbocycles. The molecule has 0 unspecified atom stereocenters. The molecule has 0 saturated carbocycles. The van der Waals surface area contributed by atoms with Crippen molar-refractivity contribution in [1.82, 2.24) is 9.62 Å². The fourth-order valence-electron chi connectivity index (χ4n) is 3.39. The number of benzene rings is 2. The van der Waals surface area contributed by atoms with Crippen LogP contribution in [0.15, 0.2) is 29.2 Å². The predicted octanol–water partition coefficient (Wildman–Crippen LogP) is 3.69. The highest BCUT2D eigenvalue weighted by Gasteiger charge is 2.23. The number of rotatable bonds is 7. The first-order valence-corrected chi connectivity index (χ1v) is 11.0. The van der Waals surface area contributed by atoms with Crippen LogP contribution in [0, 0.1) is 40.4 Å². The van der Waals surface area contributed by atoms with Gasteiger partial charge in [0.25, 0.3) is 0 Å². The van der Waals surface area contributed by atoms with E-state index < -0.39 is 10.0 Å². The van der Waals surface area contributed by atoms with E-state index in [1.165, 1.54) is 11.0 Å². The summed E-state index contributed by atoms with van der Waals surface area (Å²) in [5.74, 6) is -0.635. The molecule has 0 atom stereocenters. The Balaban J connectivity index is 2.06. The van der Waals surface area contributed by atoms with Gasteiger partial charge in [-0.3, -0.25) is 4.79 Å². The average molecular weight is 421 g/mol. The number of carbonyl (C=O) groups excluding carboxylic acids is 1. The van der Waals surface area contributed by atoms with Crippen LogP contribution in [0.3, 0.4) is 0 Å². The largest absolute Gasteiger partial charge is 0.341 e. The van der Waals surface area contributed by atoms with Crippen molar-refractivity contribution >= 4 is 15.9 Å². The van der Waals surface area contributed by atoms with Crippen LogP contribution in [0.4, 0.5) is 4.39 Å². The minimum Gasteiger partial charge on any atom is -0.341 e. The number of sulfonamides is 1. The van der Waals surface area contributed by atoms with E-state index in [1.807, 2.05) is 20.8 Å². The van der Waals surface area contributed by atoms with Gasteiger partial charge >= 0.3 is 0 Å². The average Bonchev–Trinajstić information content (AvgIpc) is 2.66. The minimum absolute atomic E-state index is 0.00783. The summed E-state index contributed by atoms with van der Waals surface area (Å²) in [5, 5.41) is 0. The van der Waals surface area contributed by atoms with Crippen LogP contribution in [0.2, 0.25) is 0 Å².